The molecule has 4 N–H and O–H groups in total. The number of methoxy groups -OCH3 is 1. The number of ether oxygens (including phenoxy) is 1. The maximum Gasteiger partial charge on any atom is 0.255 e. The van der Waals surface area contributed by atoms with Crippen LogP contribution < -0.4 is 15.4 Å². The summed E-state index contributed by atoms with van der Waals surface area (Å²) in [6, 6.07) is 7.45. The summed E-state index contributed by atoms with van der Waals surface area (Å²) in [4.78, 5) is 36.6. The highest BCUT2D eigenvalue weighted by Crippen LogP contribution is 2.32. The van der Waals surface area contributed by atoms with Crippen molar-refractivity contribution in [2.24, 2.45) is 0 Å². The van der Waals surface area contributed by atoms with Gasteiger partial charge in [-0.05, 0) is 36.2 Å². The van der Waals surface area contributed by atoms with E-state index in [1.807, 2.05) is 0 Å². The lowest BCUT2D eigenvalue weighted by molar-refractivity contribution is -0.126. The molecule has 1 aliphatic heterocycles. The van der Waals surface area contributed by atoms with Crippen LogP contribution in [0.15, 0.2) is 55.0 Å². The predicted octanol–water partition coefficient (Wildman–Crippen LogP) is 3.61. The van der Waals surface area contributed by atoms with Crippen LogP contribution in [-0.2, 0) is 11.3 Å². The van der Waals surface area contributed by atoms with Crippen molar-refractivity contribution in [3.05, 3.63) is 82.5 Å². The Morgan fingerprint density at radius 1 is 1.27 bits per heavy atom. The molecule has 0 bridgehead atoms. The van der Waals surface area contributed by atoms with Crippen LogP contribution in [0.1, 0.15) is 34.5 Å². The fourth-order valence-corrected chi connectivity index (χ4v) is 4.63. The Hall–Kier alpha value is -4.55. The third-order valence-electron chi connectivity index (χ3n) is 6.59. The number of aromatic amines is 1. The number of aliphatic hydroxyl groups excluding tert-OH is 1. The first-order chi connectivity index (χ1) is 19.3. The number of anilines is 2. The molecular weight excluding hydrogens is 541 g/mol. The van der Waals surface area contributed by atoms with Crippen LogP contribution in [0.5, 0.6) is 5.75 Å². The average molecular weight is 566 g/mol. The van der Waals surface area contributed by atoms with Gasteiger partial charge in [0.25, 0.3) is 5.91 Å². The zero-order valence-electron chi connectivity index (χ0n) is 21.5. The lowest BCUT2D eigenvalue weighted by Gasteiger charge is -2.26. The van der Waals surface area contributed by atoms with Crippen molar-refractivity contribution in [1.82, 2.24) is 30.4 Å². The average Bonchev–Trinajstić information content (AvgIpc) is 3.59. The summed E-state index contributed by atoms with van der Waals surface area (Å²) in [7, 11) is 1.39. The Morgan fingerprint density at radius 2 is 2.10 bits per heavy atom. The van der Waals surface area contributed by atoms with Gasteiger partial charge in [0, 0.05) is 29.9 Å². The van der Waals surface area contributed by atoms with Crippen molar-refractivity contribution in [1.29, 1.82) is 0 Å². The lowest BCUT2D eigenvalue weighted by Crippen LogP contribution is -2.46. The number of benzene rings is 2. The molecule has 1 aliphatic rings. The summed E-state index contributed by atoms with van der Waals surface area (Å²) in [5.74, 6) is -0.852. The van der Waals surface area contributed by atoms with Gasteiger partial charge in [0.1, 0.15) is 17.6 Å². The van der Waals surface area contributed by atoms with E-state index in [1.165, 1.54) is 36.4 Å². The second-order valence-corrected chi connectivity index (χ2v) is 9.56. The summed E-state index contributed by atoms with van der Waals surface area (Å²) in [5.41, 5.74) is 3.20. The number of carbonyl (C=O) groups is 2. The maximum atomic E-state index is 14.0. The second kappa shape index (κ2) is 11.3. The Bertz CT molecular complexity index is 1570. The predicted molar refractivity (Wildman–Crippen MR) is 145 cm³/mol. The molecule has 40 heavy (non-hydrogen) atoms. The van der Waals surface area contributed by atoms with Crippen molar-refractivity contribution < 1.29 is 23.8 Å². The minimum atomic E-state index is -0.893. The molecule has 0 saturated carbocycles. The van der Waals surface area contributed by atoms with Gasteiger partial charge < -0.3 is 25.4 Å². The van der Waals surface area contributed by atoms with Gasteiger partial charge in [0.2, 0.25) is 11.9 Å². The highest BCUT2D eigenvalue weighted by Gasteiger charge is 2.35. The number of hydrogen-bond acceptors (Lipinski definition) is 8. The Kier molecular flexibility index (Phi) is 7.63. The molecule has 4 aromatic rings. The number of nitrogens with zero attached hydrogens (tertiary/aromatic N) is 4. The van der Waals surface area contributed by atoms with E-state index in [0.29, 0.717) is 39.0 Å². The van der Waals surface area contributed by atoms with Crippen molar-refractivity contribution in [2.75, 3.05) is 19.0 Å². The molecule has 2 unspecified atom stereocenters. The number of aromatic nitrogens is 4. The zero-order valence-corrected chi connectivity index (χ0v) is 22.2. The van der Waals surface area contributed by atoms with Gasteiger partial charge in [-0.1, -0.05) is 23.7 Å². The van der Waals surface area contributed by atoms with Gasteiger partial charge in [0.05, 0.1) is 48.6 Å². The van der Waals surface area contributed by atoms with E-state index in [-0.39, 0.29) is 18.2 Å². The van der Waals surface area contributed by atoms with E-state index in [4.69, 9.17) is 16.3 Å². The van der Waals surface area contributed by atoms with E-state index in [0.717, 1.165) is 5.56 Å². The Labute approximate surface area is 233 Å². The summed E-state index contributed by atoms with van der Waals surface area (Å²) in [6.45, 7) is 1.33. The molecule has 206 valence electrons. The molecule has 2 aromatic heterocycles. The van der Waals surface area contributed by atoms with Crippen molar-refractivity contribution in [2.45, 2.75) is 25.6 Å². The normalized spacial score (nSPS) is 14.0. The number of halogens is 2. The maximum absolute atomic E-state index is 14.0. The van der Waals surface area contributed by atoms with Crippen LogP contribution in [-0.4, -0.2) is 61.7 Å². The summed E-state index contributed by atoms with van der Waals surface area (Å²) in [6.07, 6.45) is 4.69. The summed E-state index contributed by atoms with van der Waals surface area (Å²) in [5, 5.41) is 22.5. The van der Waals surface area contributed by atoms with E-state index in [1.54, 1.807) is 37.5 Å². The first kappa shape index (κ1) is 27.0. The van der Waals surface area contributed by atoms with Crippen LogP contribution in [0.25, 0.3) is 11.3 Å². The molecule has 0 aliphatic carbocycles. The third kappa shape index (κ3) is 5.44. The van der Waals surface area contributed by atoms with Crippen LogP contribution in [0.2, 0.25) is 5.02 Å². The van der Waals surface area contributed by atoms with E-state index in [9.17, 15) is 19.1 Å². The highest BCUT2D eigenvalue weighted by atomic mass is 35.5. The standard InChI is InChI=1S/C27H25ClFN7O4/c1-14(25(38)34-23(13-37)17-5-18(29)8-20(6-17)40-2)36-12-16-4-3-15(7-21(16)26(36)39)24-22(28)11-30-27(35-24)33-19-9-31-32-10-19/h3-11,14,23,37H,12-13H2,1-2H3,(H,31,32)(H,34,38)(H,30,33,35). The molecule has 2 amide bonds. The minimum Gasteiger partial charge on any atom is -0.497 e. The number of carbonyl (C=O) groups excluding carboxylic acids is 2. The van der Waals surface area contributed by atoms with E-state index >= 15 is 0 Å². The number of rotatable bonds is 9. The molecule has 2 aromatic carbocycles. The lowest BCUT2D eigenvalue weighted by atomic mass is 10.0. The first-order valence-electron chi connectivity index (χ1n) is 12.3. The first-order valence-corrected chi connectivity index (χ1v) is 12.6. The number of fused-ring (bicyclic) bond motifs is 1. The molecule has 0 fully saturated rings. The molecule has 2 atom stereocenters. The van der Waals surface area contributed by atoms with Gasteiger partial charge in [-0.25, -0.2) is 14.4 Å². The summed E-state index contributed by atoms with van der Waals surface area (Å²) >= 11 is 6.39. The van der Waals surface area contributed by atoms with Gasteiger partial charge >= 0.3 is 0 Å². The number of H-pyrrole nitrogens is 1. The number of aliphatic hydroxyl groups is 1. The molecule has 0 saturated heterocycles. The van der Waals surface area contributed by atoms with Crippen LogP contribution in [0.4, 0.5) is 16.0 Å². The van der Waals surface area contributed by atoms with Crippen molar-refractivity contribution >= 4 is 35.1 Å². The van der Waals surface area contributed by atoms with Crippen LogP contribution in [0.3, 0.4) is 0 Å². The smallest absolute Gasteiger partial charge is 0.255 e. The fourth-order valence-electron chi connectivity index (χ4n) is 4.43. The monoisotopic (exact) mass is 565 g/mol. The van der Waals surface area contributed by atoms with Gasteiger partial charge in [-0.3, -0.25) is 14.7 Å². The number of hydrogen-bond donors (Lipinski definition) is 4. The zero-order chi connectivity index (χ0) is 28.4. The Balaban J connectivity index is 1.33. The topological polar surface area (TPSA) is 145 Å². The van der Waals surface area contributed by atoms with Crippen molar-refractivity contribution in [3.8, 4) is 17.0 Å². The molecule has 0 radical (unpaired) electrons. The second-order valence-electron chi connectivity index (χ2n) is 9.15. The van der Waals surface area contributed by atoms with Gasteiger partial charge in [-0.15, -0.1) is 0 Å². The Morgan fingerprint density at radius 3 is 2.83 bits per heavy atom. The molecule has 0 spiro atoms. The third-order valence-corrected chi connectivity index (χ3v) is 6.87. The molecule has 3 heterocycles. The van der Waals surface area contributed by atoms with E-state index < -0.39 is 30.4 Å². The largest absolute Gasteiger partial charge is 0.497 e. The number of amides is 2. The van der Waals surface area contributed by atoms with Crippen LogP contribution in [0, 0.1) is 5.82 Å². The quantitative estimate of drug-likeness (QED) is 0.241. The van der Waals surface area contributed by atoms with E-state index in [2.05, 4.69) is 30.8 Å². The summed E-state index contributed by atoms with van der Waals surface area (Å²) < 4.78 is 19.1. The van der Waals surface area contributed by atoms with Gasteiger partial charge in [0.15, 0.2) is 0 Å². The van der Waals surface area contributed by atoms with Crippen LogP contribution >= 0.6 is 11.6 Å². The minimum absolute atomic E-state index is 0.214. The highest BCUT2D eigenvalue weighted by molar-refractivity contribution is 6.33. The molecule has 5 rings (SSSR count). The van der Waals surface area contributed by atoms with Gasteiger partial charge in [-0.2, -0.15) is 5.10 Å². The molecular formula is C27H25ClFN7O4. The SMILES string of the molecule is COc1cc(F)cc(C(CO)NC(=O)C(C)N2Cc3ccc(-c4nc(Nc5cn[nH]c5)ncc4Cl)cc3C2=O)c1. The molecule has 13 heteroatoms. The fraction of sp³-hybridized carbons (Fsp3) is 0.222. The molecule has 11 nitrogen and oxygen atoms in total. The van der Waals surface area contributed by atoms with Crippen molar-refractivity contribution in [3.63, 3.8) is 0 Å². The number of nitrogens with one attached hydrogen (secondary N) is 3.